The van der Waals surface area contributed by atoms with Gasteiger partial charge in [-0.3, -0.25) is 13.9 Å². The summed E-state index contributed by atoms with van der Waals surface area (Å²) in [6, 6.07) is 22.1. The predicted molar refractivity (Wildman–Crippen MR) is 154 cm³/mol. The summed E-state index contributed by atoms with van der Waals surface area (Å²) in [7, 11) is -2.64. The van der Waals surface area contributed by atoms with Crippen molar-refractivity contribution < 1.29 is 22.7 Å². The van der Waals surface area contributed by atoms with Gasteiger partial charge in [0.25, 0.3) is 15.9 Å². The van der Waals surface area contributed by atoms with Crippen molar-refractivity contribution >= 4 is 38.9 Å². The molecule has 206 valence electrons. The van der Waals surface area contributed by atoms with Gasteiger partial charge in [-0.15, -0.1) is 0 Å². The van der Waals surface area contributed by atoms with Gasteiger partial charge in [0.05, 0.1) is 17.7 Å². The molecular formula is C29H34N4O5S. The summed E-state index contributed by atoms with van der Waals surface area (Å²) in [5.74, 6) is -0.326. The molecule has 3 rings (SSSR count). The van der Waals surface area contributed by atoms with Crippen molar-refractivity contribution in [3.05, 3.63) is 84.4 Å². The zero-order chi connectivity index (χ0) is 28.6. The second kappa shape index (κ2) is 12.6. The summed E-state index contributed by atoms with van der Waals surface area (Å²) in [6.07, 6.45) is 0.596. The van der Waals surface area contributed by atoms with Crippen molar-refractivity contribution in [1.29, 1.82) is 0 Å². The lowest BCUT2D eigenvalue weighted by atomic mass is 9.80. The maximum Gasteiger partial charge on any atom is 0.264 e. The number of methoxy groups -OCH3 is 1. The highest BCUT2D eigenvalue weighted by Gasteiger charge is 2.28. The molecule has 0 aliphatic rings. The van der Waals surface area contributed by atoms with Gasteiger partial charge in [0.1, 0.15) is 12.3 Å². The number of benzene rings is 3. The molecule has 3 aromatic rings. The summed E-state index contributed by atoms with van der Waals surface area (Å²) >= 11 is 0. The molecule has 2 N–H and O–H groups in total. The van der Waals surface area contributed by atoms with Crippen molar-refractivity contribution in [2.24, 2.45) is 5.10 Å². The second-order valence-corrected chi connectivity index (χ2v) is 11.6. The van der Waals surface area contributed by atoms with E-state index in [1.165, 1.54) is 38.3 Å². The van der Waals surface area contributed by atoms with Crippen LogP contribution in [0.2, 0.25) is 0 Å². The van der Waals surface area contributed by atoms with Gasteiger partial charge in [-0.2, -0.15) is 5.10 Å². The average molecular weight is 551 g/mol. The molecule has 10 heteroatoms. The first kappa shape index (κ1) is 29.4. The Balaban J connectivity index is 1.82. The number of carbonyl (C=O) groups is 2. The van der Waals surface area contributed by atoms with E-state index in [0.29, 0.717) is 23.6 Å². The molecule has 0 atom stereocenters. The number of nitrogens with one attached hydrogen (secondary N) is 2. The van der Waals surface area contributed by atoms with Crippen LogP contribution in [-0.4, -0.2) is 39.6 Å². The molecule has 0 radical (unpaired) electrons. The lowest BCUT2D eigenvalue weighted by Gasteiger charge is -2.25. The Labute approximate surface area is 229 Å². The van der Waals surface area contributed by atoms with Crippen molar-refractivity contribution in [3.8, 4) is 5.75 Å². The Morgan fingerprint density at radius 3 is 2.10 bits per heavy atom. The number of sulfonamides is 1. The largest absolute Gasteiger partial charge is 0.497 e. The van der Waals surface area contributed by atoms with Crippen LogP contribution in [0.15, 0.2) is 88.9 Å². The normalized spacial score (nSPS) is 12.0. The highest BCUT2D eigenvalue weighted by molar-refractivity contribution is 7.92. The van der Waals surface area contributed by atoms with Gasteiger partial charge in [-0.1, -0.05) is 44.2 Å². The van der Waals surface area contributed by atoms with E-state index in [-0.39, 0.29) is 21.9 Å². The fraction of sp³-hybridized carbons (Fsp3) is 0.276. The number of rotatable bonds is 11. The Kier molecular flexibility index (Phi) is 9.47. The molecule has 0 saturated heterocycles. The van der Waals surface area contributed by atoms with E-state index in [0.717, 1.165) is 9.87 Å². The minimum atomic E-state index is -4.15. The third kappa shape index (κ3) is 7.90. The zero-order valence-electron chi connectivity index (χ0n) is 22.8. The minimum Gasteiger partial charge on any atom is -0.497 e. The number of anilines is 2. The van der Waals surface area contributed by atoms with Crippen LogP contribution in [0.1, 0.15) is 39.7 Å². The number of hydrogen-bond donors (Lipinski definition) is 2. The minimum absolute atomic E-state index is 0.0375. The fourth-order valence-electron chi connectivity index (χ4n) is 4.10. The van der Waals surface area contributed by atoms with Crippen LogP contribution in [0, 0.1) is 0 Å². The second-order valence-electron chi connectivity index (χ2n) is 9.72. The van der Waals surface area contributed by atoms with E-state index in [1.54, 1.807) is 24.3 Å². The van der Waals surface area contributed by atoms with Crippen molar-refractivity contribution in [3.63, 3.8) is 0 Å². The molecule has 0 aliphatic carbocycles. The van der Waals surface area contributed by atoms with E-state index >= 15 is 0 Å². The maximum atomic E-state index is 13.6. The number of hydrazone groups is 1. The molecule has 0 heterocycles. The van der Waals surface area contributed by atoms with Crippen LogP contribution < -0.4 is 19.8 Å². The molecular weight excluding hydrogens is 516 g/mol. The maximum absolute atomic E-state index is 13.6. The third-order valence-corrected chi connectivity index (χ3v) is 7.82. The smallest absolute Gasteiger partial charge is 0.264 e. The number of amides is 2. The van der Waals surface area contributed by atoms with Gasteiger partial charge < -0.3 is 10.1 Å². The highest BCUT2D eigenvalue weighted by atomic mass is 32.2. The summed E-state index contributed by atoms with van der Waals surface area (Å²) in [5.41, 5.74) is 4.88. The highest BCUT2D eigenvalue weighted by Crippen LogP contribution is 2.28. The van der Waals surface area contributed by atoms with E-state index in [2.05, 4.69) is 29.7 Å². The molecule has 0 spiro atoms. The fourth-order valence-corrected chi connectivity index (χ4v) is 5.52. The summed E-state index contributed by atoms with van der Waals surface area (Å²) in [5, 5.41) is 6.84. The molecule has 9 nitrogen and oxygen atoms in total. The first-order valence-electron chi connectivity index (χ1n) is 12.3. The molecule has 0 aromatic heterocycles. The molecule has 0 aliphatic heterocycles. The topological polar surface area (TPSA) is 117 Å². The quantitative estimate of drug-likeness (QED) is 0.265. The van der Waals surface area contributed by atoms with Gasteiger partial charge in [0.2, 0.25) is 5.91 Å². The van der Waals surface area contributed by atoms with Gasteiger partial charge in [0, 0.05) is 18.3 Å². The standard InChI is InChI=1S/C29H34N4O5S/c1-21(19-29(3,4)23-9-7-6-8-10-23)31-32-28(35)20-33(25-13-15-26(38-5)16-14-25)39(36,37)27-17-11-24(12-18-27)30-22(2)34/h6-18H,19-20H2,1-5H3,(H,30,34)(H,32,35)/b31-21-. The lowest BCUT2D eigenvalue weighted by molar-refractivity contribution is -0.119. The molecule has 3 aromatic carbocycles. The summed E-state index contributed by atoms with van der Waals surface area (Å²) < 4.78 is 33.5. The number of hydrogen-bond acceptors (Lipinski definition) is 6. The van der Waals surface area contributed by atoms with Crippen molar-refractivity contribution in [2.75, 3.05) is 23.3 Å². The molecule has 0 fully saturated rings. The van der Waals surface area contributed by atoms with E-state index in [1.807, 2.05) is 37.3 Å². The Bertz CT molecular complexity index is 1420. The van der Waals surface area contributed by atoms with Crippen LogP contribution in [0.3, 0.4) is 0 Å². The van der Waals surface area contributed by atoms with Gasteiger partial charge >= 0.3 is 0 Å². The van der Waals surface area contributed by atoms with Crippen LogP contribution in [-0.2, 0) is 25.0 Å². The third-order valence-electron chi connectivity index (χ3n) is 6.03. The number of nitrogens with zero attached hydrogens (tertiary/aromatic N) is 2. The van der Waals surface area contributed by atoms with Crippen molar-refractivity contribution in [1.82, 2.24) is 5.43 Å². The van der Waals surface area contributed by atoms with Crippen LogP contribution in [0.4, 0.5) is 11.4 Å². The van der Waals surface area contributed by atoms with Gasteiger partial charge in [-0.05, 0) is 72.9 Å². The van der Waals surface area contributed by atoms with E-state index in [9.17, 15) is 18.0 Å². The monoisotopic (exact) mass is 550 g/mol. The summed E-state index contributed by atoms with van der Waals surface area (Å²) in [6.45, 7) is 6.87. The molecule has 0 unspecified atom stereocenters. The summed E-state index contributed by atoms with van der Waals surface area (Å²) in [4.78, 5) is 24.2. The molecule has 39 heavy (non-hydrogen) atoms. The predicted octanol–water partition coefficient (Wildman–Crippen LogP) is 4.71. The molecule has 0 saturated carbocycles. The van der Waals surface area contributed by atoms with Gasteiger partial charge in [0.15, 0.2) is 0 Å². The molecule has 2 amide bonds. The Morgan fingerprint density at radius 2 is 1.54 bits per heavy atom. The van der Waals surface area contributed by atoms with Crippen LogP contribution in [0.25, 0.3) is 0 Å². The zero-order valence-corrected chi connectivity index (χ0v) is 23.6. The lowest BCUT2D eigenvalue weighted by Crippen LogP contribution is -2.39. The first-order chi connectivity index (χ1) is 18.4. The number of carbonyl (C=O) groups excluding carboxylic acids is 2. The van der Waals surface area contributed by atoms with Crippen LogP contribution in [0.5, 0.6) is 5.75 Å². The Morgan fingerprint density at radius 1 is 0.923 bits per heavy atom. The van der Waals surface area contributed by atoms with E-state index in [4.69, 9.17) is 4.74 Å². The first-order valence-corrected chi connectivity index (χ1v) is 13.8. The number of ether oxygens (including phenoxy) is 1. The Hall–Kier alpha value is -4.18. The molecule has 0 bridgehead atoms. The van der Waals surface area contributed by atoms with Gasteiger partial charge in [-0.25, -0.2) is 13.8 Å². The van der Waals surface area contributed by atoms with Crippen molar-refractivity contribution in [2.45, 2.75) is 44.4 Å². The average Bonchev–Trinajstić information content (AvgIpc) is 2.91. The van der Waals surface area contributed by atoms with Crippen LogP contribution >= 0.6 is 0 Å². The SMILES string of the molecule is COc1ccc(N(CC(=O)N/N=C(/C)CC(C)(C)c2ccccc2)S(=O)(=O)c2ccc(NC(C)=O)cc2)cc1. The van der Waals surface area contributed by atoms with E-state index < -0.39 is 22.5 Å².